The van der Waals surface area contributed by atoms with E-state index in [1.54, 1.807) is 104 Å². The summed E-state index contributed by atoms with van der Waals surface area (Å²) in [4.78, 5) is 126. The fraction of sp³-hybridized carbons (Fsp3) is 0.0909. The lowest BCUT2D eigenvalue weighted by Crippen LogP contribution is -2.40. The van der Waals surface area contributed by atoms with E-state index in [-0.39, 0.29) is 118 Å². The van der Waals surface area contributed by atoms with E-state index < -0.39 is 47.3 Å². The van der Waals surface area contributed by atoms with Gasteiger partial charge in [-0.05, 0) is 146 Å². The molecule has 6 heterocycles. The zero-order valence-electron chi connectivity index (χ0n) is 66.1. The van der Waals surface area contributed by atoms with E-state index in [9.17, 15) is 58.8 Å². The number of rotatable bonds is 20. The van der Waals surface area contributed by atoms with Gasteiger partial charge in [0.15, 0.2) is 0 Å². The number of phenols is 4. The molecular weight excluding hydrogens is 1740 g/mol. The highest BCUT2D eigenvalue weighted by molar-refractivity contribution is 6.33. The summed E-state index contributed by atoms with van der Waals surface area (Å²) in [5, 5.41) is 87.1. The lowest BCUT2D eigenvalue weighted by atomic mass is 10.1. The van der Waals surface area contributed by atoms with Crippen molar-refractivity contribution in [2.45, 2.75) is 6.92 Å². The van der Waals surface area contributed by atoms with Crippen molar-refractivity contribution in [1.29, 1.82) is 16.2 Å². The number of anilines is 8. The number of amidine groups is 3. The van der Waals surface area contributed by atoms with Gasteiger partial charge in [0.05, 0.1) is 84.9 Å². The van der Waals surface area contributed by atoms with Crippen LogP contribution in [0.15, 0.2) is 236 Å². The Morgan fingerprint density at radius 1 is 0.365 bits per heavy atom. The third-order valence-electron chi connectivity index (χ3n) is 18.3. The summed E-state index contributed by atoms with van der Waals surface area (Å²) < 4.78 is 5.32. The molecule has 8 amide bonds. The van der Waals surface area contributed by atoms with Gasteiger partial charge in [0.1, 0.15) is 63.8 Å². The number of para-hydroxylation sites is 2. The van der Waals surface area contributed by atoms with E-state index in [0.717, 1.165) is 24.5 Å². The molecule has 8 aromatic carbocycles. The summed E-state index contributed by atoms with van der Waals surface area (Å²) >= 11 is 35.3. The first-order valence-electron chi connectivity index (χ1n) is 37.5. The van der Waals surface area contributed by atoms with Crippen LogP contribution in [0.5, 0.6) is 23.0 Å². The Balaban J connectivity index is 0.000000164. The molecular formula is C88H73Cl6N19O13. The van der Waals surface area contributed by atoms with Crippen molar-refractivity contribution < 1.29 is 63.5 Å². The largest absolute Gasteiger partial charge is 0.506 e. The topological polar surface area (TPSA) is 491 Å². The number of carbonyl (C=O) groups is 8. The number of pyridine rings is 4. The molecule has 14 rings (SSSR count). The number of halogens is 6. The number of phenolic OH excluding ortho intramolecular Hbond substituents is 4. The van der Waals surface area contributed by atoms with Crippen LogP contribution in [0.25, 0.3) is 0 Å². The average Bonchev–Trinajstić information content (AvgIpc) is 1.07. The number of nitrogen functional groups attached to an aromatic ring is 1. The molecule has 640 valence electrons. The molecule has 0 atom stereocenters. The summed E-state index contributed by atoms with van der Waals surface area (Å²) in [7, 11) is 1.96. The molecule has 0 aliphatic carbocycles. The zero-order chi connectivity index (χ0) is 90.4. The summed E-state index contributed by atoms with van der Waals surface area (Å²) in [6.45, 7) is 5.64. The van der Waals surface area contributed by atoms with E-state index >= 15 is 0 Å². The van der Waals surface area contributed by atoms with E-state index in [0.29, 0.717) is 85.8 Å². The fourth-order valence-electron chi connectivity index (χ4n) is 11.8. The number of hydrogen-bond donors (Lipinski definition) is 16. The minimum absolute atomic E-state index is 0.0173. The number of nitrogens with zero attached hydrogens (tertiary/aromatic N) is 7. The van der Waals surface area contributed by atoms with Crippen molar-refractivity contribution in [3.8, 4) is 23.0 Å². The highest BCUT2D eigenvalue weighted by atomic mass is 35.5. The van der Waals surface area contributed by atoms with Gasteiger partial charge in [-0.25, -0.2) is 19.9 Å². The fourth-order valence-corrected chi connectivity index (χ4v) is 12.7. The van der Waals surface area contributed by atoms with Crippen LogP contribution >= 0.6 is 69.6 Å². The molecule has 2 aliphatic heterocycles. The van der Waals surface area contributed by atoms with Crippen LogP contribution in [0.3, 0.4) is 0 Å². The number of aromatic hydroxyl groups is 4. The van der Waals surface area contributed by atoms with Crippen LogP contribution < -0.4 is 48.3 Å². The molecule has 0 unspecified atom stereocenters. The van der Waals surface area contributed by atoms with Gasteiger partial charge < -0.3 is 88.6 Å². The molecule has 2 aliphatic rings. The minimum atomic E-state index is -0.637. The number of hydrogen-bond acceptors (Lipinski definition) is 22. The van der Waals surface area contributed by atoms with E-state index in [4.69, 9.17) is 96.3 Å². The van der Waals surface area contributed by atoms with Crippen molar-refractivity contribution in [2.24, 2.45) is 10.7 Å². The van der Waals surface area contributed by atoms with Gasteiger partial charge in [-0.1, -0.05) is 130 Å². The Bertz CT molecular complexity index is 5980. The molecule has 1 saturated heterocycles. The van der Waals surface area contributed by atoms with Crippen LogP contribution in [-0.2, 0) is 4.74 Å². The molecule has 38 heteroatoms. The van der Waals surface area contributed by atoms with Crippen molar-refractivity contribution in [2.75, 3.05) is 89.0 Å². The van der Waals surface area contributed by atoms with Crippen LogP contribution in [0.1, 0.15) is 112 Å². The average molecular weight is 1820 g/mol. The zero-order valence-corrected chi connectivity index (χ0v) is 70.7. The van der Waals surface area contributed by atoms with Gasteiger partial charge in [-0.15, -0.1) is 0 Å². The number of nitrogens with two attached hydrogens (primary N) is 1. The van der Waals surface area contributed by atoms with Gasteiger partial charge in [0.2, 0.25) is 0 Å². The second kappa shape index (κ2) is 42.7. The lowest BCUT2D eigenvalue weighted by Gasteiger charge is -2.29. The minimum Gasteiger partial charge on any atom is -0.506 e. The van der Waals surface area contributed by atoms with Crippen molar-refractivity contribution >= 4 is 186 Å². The molecule has 1 fully saturated rings. The predicted molar refractivity (Wildman–Crippen MR) is 486 cm³/mol. The highest BCUT2D eigenvalue weighted by Gasteiger charge is 2.26. The summed E-state index contributed by atoms with van der Waals surface area (Å²) in [6.07, 6.45) is 5.53. The number of ether oxygens (including phenoxy) is 1. The number of carbonyl (C=O) groups excluding carboxylic acids is 8. The molecule has 0 saturated carbocycles. The number of benzene rings is 8. The third-order valence-corrected chi connectivity index (χ3v) is 19.6. The first-order chi connectivity index (χ1) is 60.3. The second-order valence-electron chi connectivity index (χ2n) is 27.1. The highest BCUT2D eigenvalue weighted by Crippen LogP contribution is 2.36. The summed E-state index contributed by atoms with van der Waals surface area (Å²) in [5.74, 6) is -3.58. The predicted octanol–water partition coefficient (Wildman–Crippen LogP) is 16.1. The number of aliphatic imine (C=N–C) groups is 1. The Hall–Kier alpha value is -14.9. The standard InChI is InChI=1S/C24H21Cl2N5O4.C23H19Cl2N5O3.C21H17ClN4O3.C20H16ClN5O3/c25-16-5-6-20(28-13-16)29-24(34)18-11-17(26)12-19(32)21(18)30-23(33)15-3-1-14(2-4-15)22(27)31-7-9-35-10-8-31;1-30-9-8-26-21(30)13-2-4-14(5-3-13)22(32)29-20-17(10-16(25)11-18(20)31)23(33)28-19-7-6-15(24)12-27-19;1-12(23)13-5-7-14(8-6-13)20(28)26-19-16(3-2-4-17(19)27)21(29)25-18-10-9-15(22)11-24-18;21-13-8-9-16(24-10-13)25-20(29)14-2-1-3-15(27)17(14)26-19(28)12-6-4-11(5-7-12)18(22)23/h1-6,11-13,27,32H,7-10H2,(H,30,33)(H,28,29,34);2-7,10-12,31H,8-9H2,1H3,(H,29,32)(H,27,28,33);2-11,23,27H,1H3,(H,26,28)(H,24,25,29);1-10,27H,(H3,22,23)(H,26,28)(H,24,25,29). The smallest absolute Gasteiger partial charge is 0.259 e. The summed E-state index contributed by atoms with van der Waals surface area (Å²) in [5.41, 5.74) is 9.55. The molecule has 0 radical (unpaired) electrons. The van der Waals surface area contributed by atoms with Crippen molar-refractivity contribution in [3.63, 3.8) is 0 Å². The van der Waals surface area contributed by atoms with Crippen LogP contribution in [0.4, 0.5) is 46.0 Å². The van der Waals surface area contributed by atoms with Gasteiger partial charge in [-0.3, -0.25) is 54.2 Å². The van der Waals surface area contributed by atoms with Crippen LogP contribution in [-0.4, -0.2) is 167 Å². The van der Waals surface area contributed by atoms with Crippen LogP contribution in [0, 0.1) is 16.2 Å². The van der Waals surface area contributed by atoms with Crippen LogP contribution in [0.2, 0.25) is 30.1 Å². The van der Waals surface area contributed by atoms with Gasteiger partial charge in [0, 0.05) is 118 Å². The van der Waals surface area contributed by atoms with Gasteiger partial charge in [0.25, 0.3) is 47.3 Å². The second-order valence-corrected chi connectivity index (χ2v) is 29.7. The Labute approximate surface area is 748 Å². The van der Waals surface area contributed by atoms with E-state index in [2.05, 4.69) is 67.5 Å². The Morgan fingerprint density at radius 3 is 1.00 bits per heavy atom. The quantitative estimate of drug-likeness (QED) is 0.0191. The lowest BCUT2D eigenvalue weighted by molar-refractivity contribution is 0.0680. The maximum Gasteiger partial charge on any atom is 0.259 e. The maximum atomic E-state index is 12.9. The number of likely N-dealkylation sites (N-methyl/N-ethyl adjacent to an activating group) is 1. The van der Waals surface area contributed by atoms with Crippen molar-refractivity contribution in [3.05, 3.63) is 328 Å². The molecule has 17 N–H and O–H groups in total. The van der Waals surface area contributed by atoms with Crippen molar-refractivity contribution in [1.82, 2.24) is 29.7 Å². The maximum absolute atomic E-state index is 12.9. The normalized spacial score (nSPS) is 11.8. The van der Waals surface area contributed by atoms with E-state index in [1.807, 2.05) is 16.8 Å². The third kappa shape index (κ3) is 24.7. The Kier molecular flexibility index (Phi) is 31.2. The molecule has 0 spiro atoms. The number of amides is 8. The first kappa shape index (κ1) is 91.8. The molecule has 126 heavy (non-hydrogen) atoms. The SMILES string of the molecule is CC(=N)c1ccc(C(=O)Nc2c(O)cccc2C(=O)Nc2ccc(Cl)cn2)cc1.CN1CCN=C1c1ccc(C(=O)Nc2c(O)cc(Cl)cc2C(=O)Nc2ccc(Cl)cn2)cc1.N=C(N)c1ccc(C(=O)Nc2c(O)cccc2C(=O)Nc2ccc(Cl)cn2)cc1.N=C(c1ccc(C(=O)Nc2c(O)cc(Cl)cc2C(=O)Nc2ccc(Cl)cn2)cc1)N1CCOCC1. The monoisotopic (exact) mass is 1810 g/mol. The number of aromatic nitrogens is 4. The number of morpholine rings is 1. The number of nitrogens with one attached hydrogen (secondary N) is 11. The summed E-state index contributed by atoms with van der Waals surface area (Å²) in [6, 6.07) is 52.1. The molecule has 12 aromatic rings. The Morgan fingerprint density at radius 2 is 0.683 bits per heavy atom. The molecule has 32 nitrogen and oxygen atoms in total. The first-order valence-corrected chi connectivity index (χ1v) is 39.7. The molecule has 4 aromatic heterocycles. The van der Waals surface area contributed by atoms with Gasteiger partial charge >= 0.3 is 0 Å². The molecule has 0 bridgehead atoms. The van der Waals surface area contributed by atoms with E-state index in [1.165, 1.54) is 134 Å². The van der Waals surface area contributed by atoms with Gasteiger partial charge in [-0.2, -0.15) is 0 Å².